The van der Waals surface area contributed by atoms with Crippen LogP contribution < -0.4 is 5.32 Å². The summed E-state index contributed by atoms with van der Waals surface area (Å²) in [5.41, 5.74) is 0. The summed E-state index contributed by atoms with van der Waals surface area (Å²) in [5, 5.41) is 3.22. The second-order valence-electron chi connectivity index (χ2n) is 4.67. The number of rotatable bonds is 2. The summed E-state index contributed by atoms with van der Waals surface area (Å²) < 4.78 is 37.0. The van der Waals surface area contributed by atoms with Gasteiger partial charge in [-0.2, -0.15) is 13.2 Å². The average molecular weight is 224 g/mol. The molecule has 2 nitrogen and oxygen atoms in total. The van der Waals surface area contributed by atoms with E-state index < -0.39 is 12.7 Å². The summed E-state index contributed by atoms with van der Waals surface area (Å²) in [4.78, 5) is 1.55. The number of alkyl halides is 3. The van der Waals surface area contributed by atoms with Crippen molar-refractivity contribution in [2.24, 2.45) is 5.92 Å². The molecule has 0 aromatic heterocycles. The zero-order valence-corrected chi connectivity index (χ0v) is 9.43. The Kier molecular flexibility index (Phi) is 4.00. The Morgan fingerprint density at radius 1 is 1.40 bits per heavy atom. The maximum atomic E-state index is 12.3. The molecular weight excluding hydrogens is 205 g/mol. The molecule has 0 bridgehead atoms. The van der Waals surface area contributed by atoms with Crippen LogP contribution >= 0.6 is 0 Å². The molecule has 1 fully saturated rings. The van der Waals surface area contributed by atoms with E-state index in [-0.39, 0.29) is 18.0 Å². The minimum absolute atomic E-state index is 0.0113. The maximum absolute atomic E-state index is 12.3. The Labute approximate surface area is 88.8 Å². The van der Waals surface area contributed by atoms with E-state index in [0.717, 1.165) is 0 Å². The van der Waals surface area contributed by atoms with Gasteiger partial charge in [-0.3, -0.25) is 4.90 Å². The van der Waals surface area contributed by atoms with Crippen LogP contribution in [0, 0.1) is 5.92 Å². The molecule has 0 aromatic carbocycles. The van der Waals surface area contributed by atoms with Gasteiger partial charge in [0.1, 0.15) is 0 Å². The van der Waals surface area contributed by atoms with Gasteiger partial charge in [0, 0.05) is 25.2 Å². The number of piperazine rings is 1. The Morgan fingerprint density at radius 2 is 2.00 bits per heavy atom. The monoisotopic (exact) mass is 224 g/mol. The Hall–Kier alpha value is -0.290. The van der Waals surface area contributed by atoms with E-state index in [4.69, 9.17) is 0 Å². The second-order valence-corrected chi connectivity index (χ2v) is 4.67. The average Bonchev–Trinajstić information content (AvgIpc) is 1.99. The van der Waals surface area contributed by atoms with Gasteiger partial charge in [0.2, 0.25) is 0 Å². The normalized spacial score (nSPS) is 29.8. The molecule has 1 N–H and O–H groups in total. The summed E-state index contributed by atoms with van der Waals surface area (Å²) >= 11 is 0. The molecule has 0 spiro atoms. The van der Waals surface area contributed by atoms with Crippen molar-refractivity contribution in [2.75, 3.05) is 19.6 Å². The highest BCUT2D eigenvalue weighted by molar-refractivity contribution is 4.86. The van der Waals surface area contributed by atoms with E-state index in [2.05, 4.69) is 5.32 Å². The lowest BCUT2D eigenvalue weighted by atomic mass is 9.99. The van der Waals surface area contributed by atoms with Gasteiger partial charge in [-0.05, 0) is 12.8 Å². The Morgan fingerprint density at radius 3 is 2.47 bits per heavy atom. The quantitative estimate of drug-likeness (QED) is 0.770. The second kappa shape index (κ2) is 4.70. The predicted molar refractivity (Wildman–Crippen MR) is 53.7 cm³/mol. The third-order valence-electron chi connectivity index (χ3n) is 2.80. The SMILES string of the molecule is CC1CN(CC(F)(F)F)C(C(C)C)CN1. The van der Waals surface area contributed by atoms with Crippen molar-refractivity contribution >= 4 is 0 Å². The zero-order chi connectivity index (χ0) is 11.6. The summed E-state index contributed by atoms with van der Waals surface area (Å²) in [7, 11) is 0. The molecule has 1 aliphatic rings. The van der Waals surface area contributed by atoms with E-state index in [9.17, 15) is 13.2 Å². The third-order valence-corrected chi connectivity index (χ3v) is 2.80. The molecular formula is C10H19F3N2. The van der Waals surface area contributed by atoms with E-state index in [0.29, 0.717) is 13.1 Å². The van der Waals surface area contributed by atoms with Gasteiger partial charge in [-0.1, -0.05) is 13.8 Å². The minimum atomic E-state index is -4.09. The number of halogens is 3. The van der Waals surface area contributed by atoms with Crippen molar-refractivity contribution in [1.82, 2.24) is 10.2 Å². The molecule has 0 radical (unpaired) electrons. The molecule has 0 saturated carbocycles. The minimum Gasteiger partial charge on any atom is -0.311 e. The van der Waals surface area contributed by atoms with Crippen molar-refractivity contribution in [1.29, 1.82) is 0 Å². The van der Waals surface area contributed by atoms with Crippen molar-refractivity contribution in [2.45, 2.75) is 39.0 Å². The van der Waals surface area contributed by atoms with Crippen molar-refractivity contribution in [3.63, 3.8) is 0 Å². The number of nitrogens with zero attached hydrogens (tertiary/aromatic N) is 1. The van der Waals surface area contributed by atoms with Crippen LogP contribution in [0.1, 0.15) is 20.8 Å². The van der Waals surface area contributed by atoms with Crippen LogP contribution in [0.15, 0.2) is 0 Å². The van der Waals surface area contributed by atoms with Gasteiger partial charge in [0.05, 0.1) is 6.54 Å². The molecule has 5 heteroatoms. The highest BCUT2D eigenvalue weighted by atomic mass is 19.4. The fraction of sp³-hybridized carbons (Fsp3) is 1.00. The molecule has 1 rings (SSSR count). The lowest BCUT2D eigenvalue weighted by molar-refractivity contribution is -0.155. The first-order valence-electron chi connectivity index (χ1n) is 5.34. The van der Waals surface area contributed by atoms with Gasteiger partial charge < -0.3 is 5.32 Å². The van der Waals surface area contributed by atoms with Crippen LogP contribution in [-0.2, 0) is 0 Å². The first-order chi connectivity index (χ1) is 6.79. The molecule has 1 aliphatic heterocycles. The fourth-order valence-electron chi connectivity index (χ4n) is 2.07. The summed E-state index contributed by atoms with van der Waals surface area (Å²) in [6.45, 7) is 6.18. The van der Waals surface area contributed by atoms with Gasteiger partial charge in [-0.15, -0.1) is 0 Å². The van der Waals surface area contributed by atoms with Crippen LogP contribution in [-0.4, -0.2) is 42.8 Å². The highest BCUT2D eigenvalue weighted by Gasteiger charge is 2.37. The number of nitrogens with one attached hydrogen (secondary N) is 1. The van der Waals surface area contributed by atoms with Crippen LogP contribution in [0.2, 0.25) is 0 Å². The molecule has 90 valence electrons. The molecule has 1 saturated heterocycles. The van der Waals surface area contributed by atoms with Gasteiger partial charge in [0.15, 0.2) is 0 Å². The maximum Gasteiger partial charge on any atom is 0.401 e. The summed E-state index contributed by atoms with van der Waals surface area (Å²) in [6, 6.07) is 0.130. The Bertz CT molecular complexity index is 203. The van der Waals surface area contributed by atoms with Crippen molar-refractivity contribution in [3.8, 4) is 0 Å². The largest absolute Gasteiger partial charge is 0.401 e. The van der Waals surface area contributed by atoms with Crippen LogP contribution in [0.4, 0.5) is 13.2 Å². The standard InChI is InChI=1S/C10H19F3N2/c1-7(2)9-4-14-8(3)5-15(9)6-10(11,12)13/h7-9,14H,4-6H2,1-3H3. The third kappa shape index (κ3) is 3.99. The van der Waals surface area contributed by atoms with E-state index >= 15 is 0 Å². The molecule has 0 aromatic rings. The van der Waals surface area contributed by atoms with Crippen LogP contribution in [0.25, 0.3) is 0 Å². The first kappa shape index (κ1) is 12.8. The first-order valence-corrected chi connectivity index (χ1v) is 5.34. The van der Waals surface area contributed by atoms with Gasteiger partial charge in [-0.25, -0.2) is 0 Å². The van der Waals surface area contributed by atoms with E-state index in [1.165, 1.54) is 0 Å². The number of hydrogen-bond donors (Lipinski definition) is 1. The van der Waals surface area contributed by atoms with Gasteiger partial charge >= 0.3 is 6.18 Å². The van der Waals surface area contributed by atoms with Crippen molar-refractivity contribution in [3.05, 3.63) is 0 Å². The summed E-state index contributed by atoms with van der Waals surface area (Å²) in [5.74, 6) is 0.243. The van der Waals surface area contributed by atoms with E-state index in [1.54, 1.807) is 4.90 Å². The molecule has 2 unspecified atom stereocenters. The zero-order valence-electron chi connectivity index (χ0n) is 9.43. The van der Waals surface area contributed by atoms with Crippen LogP contribution in [0.5, 0.6) is 0 Å². The van der Waals surface area contributed by atoms with E-state index in [1.807, 2.05) is 20.8 Å². The number of hydrogen-bond acceptors (Lipinski definition) is 2. The lowest BCUT2D eigenvalue weighted by Gasteiger charge is -2.41. The molecule has 0 amide bonds. The molecule has 15 heavy (non-hydrogen) atoms. The summed E-state index contributed by atoms with van der Waals surface area (Å²) in [6.07, 6.45) is -4.09. The predicted octanol–water partition coefficient (Wildman–Crippen LogP) is 1.87. The Balaban J connectivity index is 2.62. The smallest absolute Gasteiger partial charge is 0.311 e. The highest BCUT2D eigenvalue weighted by Crippen LogP contribution is 2.22. The van der Waals surface area contributed by atoms with Crippen molar-refractivity contribution < 1.29 is 13.2 Å². The van der Waals surface area contributed by atoms with Crippen LogP contribution in [0.3, 0.4) is 0 Å². The lowest BCUT2D eigenvalue weighted by Crippen LogP contribution is -2.59. The topological polar surface area (TPSA) is 15.3 Å². The molecule has 1 heterocycles. The molecule has 0 aliphatic carbocycles. The molecule has 2 atom stereocenters. The fourth-order valence-corrected chi connectivity index (χ4v) is 2.07. The van der Waals surface area contributed by atoms with Gasteiger partial charge in [0.25, 0.3) is 0 Å².